The standard InChI is InChI=1S/C89H135NO7/c1-4-7-10-13-16-19-22-25-28-31-34-37-40-43-46-55-66-92-85-69-74(72-95-75-64-65-81-84(71-75)97-83-63-54-53-62-80(83)87(81)90-89(91)96-73-82-78-60-51-49-58-76(78)77-59-50-52-61-79(77)82)70-86(93-67-56-47-44-41-38-35-32-29-26-23-20-17-14-11-8-5-2)88(85)94-68-57-48-45-42-39-36-33-30-27-24-21-18-15-12-9-6-3/h49-54,58-65,69-71,82,87H,4-48,55-57,66-68,72-73H2,1-3H3,(H,90,91). The normalized spacial score (nSPS) is 13.0. The van der Waals surface area contributed by atoms with E-state index in [1.807, 2.05) is 42.5 Å². The molecule has 8 heteroatoms. The maximum absolute atomic E-state index is 13.9. The number of nitrogens with one attached hydrogen (secondary N) is 1. The zero-order valence-electron chi connectivity index (χ0n) is 61.8. The molecule has 1 amide bonds. The van der Waals surface area contributed by atoms with Crippen LogP contribution in [0.1, 0.15) is 369 Å². The molecule has 7 rings (SSSR count). The van der Waals surface area contributed by atoms with Gasteiger partial charge in [0.25, 0.3) is 0 Å². The van der Waals surface area contributed by atoms with Crippen molar-refractivity contribution in [2.75, 3.05) is 26.4 Å². The van der Waals surface area contributed by atoms with Crippen molar-refractivity contribution in [2.45, 2.75) is 348 Å². The molecular weight excluding hydrogens is 1190 g/mol. The van der Waals surface area contributed by atoms with Crippen LogP contribution >= 0.6 is 0 Å². The predicted octanol–water partition coefficient (Wildman–Crippen LogP) is 27.9. The Hall–Kier alpha value is -5.63. The van der Waals surface area contributed by atoms with Gasteiger partial charge in [0.05, 0.1) is 25.9 Å². The number of hydrogen-bond acceptors (Lipinski definition) is 7. The maximum atomic E-state index is 13.9. The molecule has 5 aromatic rings. The molecular formula is C89H135NO7. The predicted molar refractivity (Wildman–Crippen MR) is 409 cm³/mol. The average Bonchev–Trinajstić information content (AvgIpc) is 1.76. The number of carbonyl (C=O) groups excluding carboxylic acids is 1. The fourth-order valence-corrected chi connectivity index (χ4v) is 14.7. The van der Waals surface area contributed by atoms with E-state index in [4.69, 9.17) is 28.4 Å². The van der Waals surface area contributed by atoms with Crippen LogP contribution in [-0.4, -0.2) is 32.5 Å². The Balaban J connectivity index is 0.952. The smallest absolute Gasteiger partial charge is 0.407 e. The first kappa shape index (κ1) is 78.7. The lowest BCUT2D eigenvalue weighted by Crippen LogP contribution is -2.32. The van der Waals surface area contributed by atoms with Crippen LogP contribution in [0, 0.1) is 0 Å². The van der Waals surface area contributed by atoms with Crippen LogP contribution in [0.15, 0.2) is 103 Å². The molecule has 1 unspecified atom stereocenters. The van der Waals surface area contributed by atoms with E-state index < -0.39 is 12.1 Å². The third-order valence-electron chi connectivity index (χ3n) is 20.6. The lowest BCUT2D eigenvalue weighted by molar-refractivity contribution is 0.140. The first-order chi connectivity index (χ1) is 48.1. The van der Waals surface area contributed by atoms with Crippen LogP contribution in [0.25, 0.3) is 11.1 Å². The lowest BCUT2D eigenvalue weighted by Gasteiger charge is -2.29. The summed E-state index contributed by atoms with van der Waals surface area (Å²) in [5.74, 6) is 4.15. The van der Waals surface area contributed by atoms with Gasteiger partial charge in [-0.3, -0.25) is 0 Å². The number of alkyl carbamates (subject to hydrolysis) is 1. The Morgan fingerprint density at radius 1 is 0.351 bits per heavy atom. The molecule has 0 radical (unpaired) electrons. The van der Waals surface area contributed by atoms with Crippen LogP contribution in [0.3, 0.4) is 0 Å². The molecule has 0 aromatic heterocycles. The van der Waals surface area contributed by atoms with Gasteiger partial charge in [0.15, 0.2) is 11.5 Å². The van der Waals surface area contributed by atoms with Gasteiger partial charge in [-0.1, -0.05) is 376 Å². The molecule has 1 heterocycles. The van der Waals surface area contributed by atoms with Gasteiger partial charge in [-0.2, -0.15) is 0 Å². The summed E-state index contributed by atoms with van der Waals surface area (Å²) < 4.78 is 39.8. The number of hydrogen-bond donors (Lipinski definition) is 1. The number of unbranched alkanes of at least 4 members (excludes halogenated alkanes) is 45. The zero-order valence-corrected chi connectivity index (χ0v) is 61.8. The number of rotatable bonds is 60. The van der Waals surface area contributed by atoms with Gasteiger partial charge in [0.2, 0.25) is 5.75 Å². The Morgan fingerprint density at radius 3 is 1.09 bits per heavy atom. The SMILES string of the molecule is CCCCCCCCCCCCCCCCCCOc1cc(COc2ccc3c(c2)Oc2ccccc2C3NC(=O)OCC2c3ccccc3-c3ccccc32)cc(OCCCCCCCCCCCCCCCCCC)c1OCCCCCCCCCCCCCCCCCC. The van der Waals surface area contributed by atoms with E-state index in [2.05, 4.69) is 86.8 Å². The van der Waals surface area contributed by atoms with Crippen molar-refractivity contribution in [1.29, 1.82) is 0 Å². The summed E-state index contributed by atoms with van der Waals surface area (Å²) in [4.78, 5) is 13.9. The third-order valence-corrected chi connectivity index (χ3v) is 20.6. The van der Waals surface area contributed by atoms with Crippen LogP contribution in [0.4, 0.5) is 4.79 Å². The van der Waals surface area contributed by atoms with Crippen molar-refractivity contribution in [1.82, 2.24) is 5.32 Å². The largest absolute Gasteiger partial charge is 0.490 e. The molecule has 1 N–H and O–H groups in total. The molecule has 0 bridgehead atoms. The topological polar surface area (TPSA) is 84.5 Å². The minimum absolute atomic E-state index is 0.0398. The van der Waals surface area contributed by atoms with Gasteiger partial charge in [0.1, 0.15) is 30.5 Å². The summed E-state index contributed by atoms with van der Waals surface area (Å²) in [5, 5.41) is 3.22. The summed E-state index contributed by atoms with van der Waals surface area (Å²) >= 11 is 0. The van der Waals surface area contributed by atoms with Crippen molar-refractivity contribution >= 4 is 6.09 Å². The summed E-state index contributed by atoms with van der Waals surface area (Å²) in [6.45, 7) is 9.32. The molecule has 0 spiro atoms. The number of fused-ring (bicyclic) bond motifs is 5. The average molecular weight is 1330 g/mol. The van der Waals surface area contributed by atoms with E-state index in [-0.39, 0.29) is 12.5 Å². The van der Waals surface area contributed by atoms with E-state index in [0.717, 1.165) is 72.5 Å². The van der Waals surface area contributed by atoms with E-state index in [0.29, 0.717) is 43.7 Å². The minimum atomic E-state index is -0.487. The van der Waals surface area contributed by atoms with E-state index in [1.165, 1.54) is 292 Å². The van der Waals surface area contributed by atoms with Crippen LogP contribution in [0.2, 0.25) is 0 Å². The Kier molecular flexibility index (Phi) is 41.1. The highest BCUT2D eigenvalue weighted by Crippen LogP contribution is 2.47. The summed E-state index contributed by atoms with van der Waals surface area (Å²) in [6, 6.07) is 34.4. The second kappa shape index (κ2) is 50.7. The summed E-state index contributed by atoms with van der Waals surface area (Å²) in [5.41, 5.74) is 7.41. The van der Waals surface area contributed by atoms with Gasteiger partial charge in [0, 0.05) is 23.1 Å². The number of ether oxygens (including phenoxy) is 6. The van der Waals surface area contributed by atoms with E-state index >= 15 is 0 Å². The highest BCUT2D eigenvalue weighted by molar-refractivity contribution is 5.79. The van der Waals surface area contributed by atoms with Crippen LogP contribution in [0.5, 0.6) is 34.5 Å². The molecule has 1 aliphatic carbocycles. The molecule has 2 aliphatic rings. The number of para-hydroxylation sites is 1. The molecule has 0 fully saturated rings. The fraction of sp³-hybridized carbons (Fsp3) is 0.652. The Bertz CT molecular complexity index is 2720. The summed E-state index contributed by atoms with van der Waals surface area (Å²) in [6.07, 6.45) is 63.7. The van der Waals surface area contributed by atoms with Gasteiger partial charge >= 0.3 is 6.09 Å². The molecule has 538 valence electrons. The fourth-order valence-electron chi connectivity index (χ4n) is 14.7. The first-order valence-electron chi connectivity index (χ1n) is 40.8. The Morgan fingerprint density at radius 2 is 0.691 bits per heavy atom. The second-order valence-corrected chi connectivity index (χ2v) is 28.9. The second-order valence-electron chi connectivity index (χ2n) is 28.9. The van der Waals surface area contributed by atoms with Gasteiger partial charge in [-0.05, 0) is 77.4 Å². The van der Waals surface area contributed by atoms with Gasteiger partial charge in [-0.15, -0.1) is 0 Å². The first-order valence-corrected chi connectivity index (χ1v) is 40.8. The Labute approximate surface area is 592 Å². The third kappa shape index (κ3) is 30.8. The van der Waals surface area contributed by atoms with Gasteiger partial charge < -0.3 is 33.7 Å². The van der Waals surface area contributed by atoms with Crippen molar-refractivity contribution < 1.29 is 33.2 Å². The van der Waals surface area contributed by atoms with Crippen LogP contribution in [-0.2, 0) is 11.3 Å². The maximum Gasteiger partial charge on any atom is 0.407 e. The minimum Gasteiger partial charge on any atom is -0.490 e. The van der Waals surface area contributed by atoms with Gasteiger partial charge in [-0.25, -0.2) is 4.79 Å². The van der Waals surface area contributed by atoms with E-state index in [9.17, 15) is 4.79 Å². The number of carbonyl (C=O) groups is 1. The molecule has 97 heavy (non-hydrogen) atoms. The zero-order chi connectivity index (χ0) is 67.7. The van der Waals surface area contributed by atoms with Crippen molar-refractivity contribution in [3.63, 3.8) is 0 Å². The quantitative estimate of drug-likeness (QED) is 0.0388. The molecule has 8 nitrogen and oxygen atoms in total. The van der Waals surface area contributed by atoms with Crippen molar-refractivity contribution in [3.05, 3.63) is 131 Å². The lowest BCUT2D eigenvalue weighted by atomic mass is 9.94. The molecule has 0 saturated heterocycles. The highest BCUT2D eigenvalue weighted by atomic mass is 16.6. The number of amides is 1. The molecule has 1 aliphatic heterocycles. The highest BCUT2D eigenvalue weighted by Gasteiger charge is 2.32. The monoisotopic (exact) mass is 1330 g/mol. The summed E-state index contributed by atoms with van der Waals surface area (Å²) in [7, 11) is 0. The van der Waals surface area contributed by atoms with Crippen LogP contribution < -0.4 is 29.0 Å². The van der Waals surface area contributed by atoms with Crippen molar-refractivity contribution in [2.24, 2.45) is 0 Å². The van der Waals surface area contributed by atoms with E-state index in [1.54, 1.807) is 0 Å². The van der Waals surface area contributed by atoms with Crippen molar-refractivity contribution in [3.8, 4) is 45.6 Å². The molecule has 0 saturated carbocycles. The molecule has 1 atom stereocenters. The number of benzene rings is 5. The molecule has 5 aromatic carbocycles.